The van der Waals surface area contributed by atoms with Gasteiger partial charge in [-0.1, -0.05) is 24.3 Å². The standard InChI is InChI=1S/C35H30FN11/c36-25-7-8-27(41-17-25)28-20-47-31(18-42-28)44-32(26-2-1-12-40-34(26)38)33(47)24-5-3-23(4-6-24)19-45-14-10-35(11-15-45)21-46(22-35)30-9-13-39-29(16-37)43-30/h1-9,12-13,17-18,20H,10-11,14-15,19,21-22H2,(H2,38,40). The quantitative estimate of drug-likeness (QED) is 0.270. The van der Waals surface area contributed by atoms with Crippen molar-refractivity contribution >= 4 is 17.3 Å². The zero-order chi connectivity index (χ0) is 32.0. The molecule has 6 aromatic rings. The molecule has 8 rings (SSSR count). The second kappa shape index (κ2) is 11.5. The number of pyridine rings is 2. The van der Waals surface area contributed by atoms with Gasteiger partial charge in [-0.25, -0.2) is 29.3 Å². The maximum Gasteiger partial charge on any atom is 0.234 e. The predicted octanol–water partition coefficient (Wildman–Crippen LogP) is 5.01. The minimum absolute atomic E-state index is 0.215. The van der Waals surface area contributed by atoms with E-state index in [1.807, 2.05) is 34.9 Å². The number of piperidine rings is 1. The Bertz CT molecular complexity index is 2120. The summed E-state index contributed by atoms with van der Waals surface area (Å²) < 4.78 is 15.5. The highest BCUT2D eigenvalue weighted by molar-refractivity contribution is 5.86. The third kappa shape index (κ3) is 5.40. The Morgan fingerprint density at radius 2 is 1.68 bits per heavy atom. The maximum absolute atomic E-state index is 13.6. The summed E-state index contributed by atoms with van der Waals surface area (Å²) in [5.74, 6) is 1.04. The topological polar surface area (TPSA) is 138 Å². The smallest absolute Gasteiger partial charge is 0.234 e. The summed E-state index contributed by atoms with van der Waals surface area (Å²) in [6.45, 7) is 4.88. The van der Waals surface area contributed by atoms with Gasteiger partial charge in [0.15, 0.2) is 5.65 Å². The number of halogens is 1. The number of fused-ring (bicyclic) bond motifs is 1. The molecular weight excluding hydrogens is 593 g/mol. The van der Waals surface area contributed by atoms with Crippen LogP contribution in [0, 0.1) is 22.6 Å². The van der Waals surface area contributed by atoms with Crippen molar-refractivity contribution in [2.75, 3.05) is 36.8 Å². The molecule has 0 unspecified atom stereocenters. The first-order chi connectivity index (χ1) is 23.0. The number of imidazole rings is 1. The summed E-state index contributed by atoms with van der Waals surface area (Å²) >= 11 is 0. The van der Waals surface area contributed by atoms with E-state index in [9.17, 15) is 4.39 Å². The van der Waals surface area contributed by atoms with E-state index in [2.05, 4.69) is 59.0 Å². The Morgan fingerprint density at radius 1 is 0.872 bits per heavy atom. The molecule has 1 spiro atoms. The molecule has 0 aliphatic carbocycles. The fourth-order valence-electron chi connectivity index (χ4n) is 6.73. The monoisotopic (exact) mass is 623 g/mol. The second-order valence-corrected chi connectivity index (χ2v) is 12.3. The van der Waals surface area contributed by atoms with Crippen LogP contribution >= 0.6 is 0 Å². The lowest BCUT2D eigenvalue weighted by atomic mass is 9.72. The van der Waals surface area contributed by atoms with Crippen LogP contribution in [0.25, 0.3) is 39.5 Å². The Hall–Kier alpha value is -5.80. The van der Waals surface area contributed by atoms with Crippen molar-refractivity contribution in [3.63, 3.8) is 0 Å². The zero-order valence-electron chi connectivity index (χ0n) is 25.5. The van der Waals surface area contributed by atoms with Crippen LogP contribution in [0.1, 0.15) is 24.2 Å². The van der Waals surface area contributed by atoms with E-state index < -0.39 is 5.82 Å². The fourth-order valence-corrected chi connectivity index (χ4v) is 6.73. The highest BCUT2D eigenvalue weighted by Crippen LogP contribution is 2.42. The number of rotatable bonds is 6. The zero-order valence-corrected chi connectivity index (χ0v) is 25.5. The molecule has 0 amide bonds. The van der Waals surface area contributed by atoms with Crippen molar-refractivity contribution < 1.29 is 4.39 Å². The van der Waals surface area contributed by atoms with Crippen LogP contribution in [-0.4, -0.2) is 65.4 Å². The van der Waals surface area contributed by atoms with Crippen molar-refractivity contribution in [1.29, 1.82) is 5.26 Å². The average Bonchev–Trinajstić information content (AvgIpc) is 3.47. The van der Waals surface area contributed by atoms with Crippen LogP contribution in [-0.2, 0) is 6.54 Å². The number of nitriles is 1. The number of hydrogen-bond acceptors (Lipinski definition) is 10. The van der Waals surface area contributed by atoms with Gasteiger partial charge in [0.25, 0.3) is 0 Å². The van der Waals surface area contributed by atoms with E-state index >= 15 is 0 Å². The number of aromatic nitrogens is 7. The Kier molecular flexibility index (Phi) is 7.03. The SMILES string of the molecule is N#Cc1nccc(N2CC3(CCN(Cc4ccc(-c5c(-c6cccnc6N)nc6cnc(-c7ccc(F)cn7)cn56)cc4)CC3)C2)n1. The maximum atomic E-state index is 13.6. The number of nitrogen functional groups attached to an aromatic ring is 1. The molecule has 2 aliphatic heterocycles. The van der Waals surface area contributed by atoms with Gasteiger partial charge < -0.3 is 10.6 Å². The van der Waals surface area contributed by atoms with Gasteiger partial charge in [0, 0.05) is 54.8 Å². The van der Waals surface area contributed by atoms with Gasteiger partial charge in [-0.3, -0.25) is 14.3 Å². The van der Waals surface area contributed by atoms with Crippen LogP contribution in [0.15, 0.2) is 85.6 Å². The average molecular weight is 624 g/mol. The minimum atomic E-state index is -0.402. The van der Waals surface area contributed by atoms with Gasteiger partial charge in [-0.15, -0.1) is 0 Å². The predicted molar refractivity (Wildman–Crippen MR) is 175 cm³/mol. The third-order valence-electron chi connectivity index (χ3n) is 9.26. The molecule has 232 valence electrons. The molecule has 0 atom stereocenters. The normalized spacial score (nSPS) is 15.9. The van der Waals surface area contributed by atoms with Gasteiger partial charge in [0.1, 0.15) is 34.9 Å². The van der Waals surface area contributed by atoms with E-state index in [0.717, 1.165) is 68.2 Å². The highest BCUT2D eigenvalue weighted by Gasteiger charge is 2.45. The molecule has 7 heterocycles. The van der Waals surface area contributed by atoms with E-state index in [1.54, 1.807) is 24.7 Å². The summed E-state index contributed by atoms with van der Waals surface area (Å²) in [6, 6.07) is 19.3. The molecule has 2 N–H and O–H groups in total. The largest absolute Gasteiger partial charge is 0.383 e. The molecule has 2 saturated heterocycles. The first kappa shape index (κ1) is 28.7. The van der Waals surface area contributed by atoms with Gasteiger partial charge in [-0.05, 0) is 61.8 Å². The molecule has 11 nitrogen and oxygen atoms in total. The van der Waals surface area contributed by atoms with Gasteiger partial charge >= 0.3 is 0 Å². The first-order valence-corrected chi connectivity index (χ1v) is 15.5. The van der Waals surface area contributed by atoms with Crippen molar-refractivity contribution in [2.24, 2.45) is 5.41 Å². The molecule has 2 fully saturated rings. The summed E-state index contributed by atoms with van der Waals surface area (Å²) in [4.78, 5) is 31.1. The molecule has 0 saturated carbocycles. The molecule has 2 aliphatic rings. The van der Waals surface area contributed by atoms with E-state index in [0.29, 0.717) is 34.0 Å². The molecule has 47 heavy (non-hydrogen) atoms. The number of anilines is 2. The number of benzene rings is 1. The summed E-state index contributed by atoms with van der Waals surface area (Å²) in [6.07, 6.45) is 10.3. The Morgan fingerprint density at radius 3 is 2.43 bits per heavy atom. The van der Waals surface area contributed by atoms with Crippen molar-refractivity contribution in [3.8, 4) is 40.0 Å². The fraction of sp³-hybridized carbons (Fsp3) is 0.229. The lowest BCUT2D eigenvalue weighted by Crippen LogP contribution is -2.60. The van der Waals surface area contributed by atoms with Crippen molar-refractivity contribution in [3.05, 3.63) is 103 Å². The number of hydrogen-bond donors (Lipinski definition) is 1. The van der Waals surface area contributed by atoms with Gasteiger partial charge in [-0.2, -0.15) is 5.26 Å². The minimum Gasteiger partial charge on any atom is -0.383 e. The molecule has 0 bridgehead atoms. The van der Waals surface area contributed by atoms with Crippen LogP contribution in [0.2, 0.25) is 0 Å². The number of nitrogens with zero attached hydrogens (tertiary/aromatic N) is 10. The second-order valence-electron chi connectivity index (χ2n) is 12.3. The van der Waals surface area contributed by atoms with Crippen LogP contribution in [0.5, 0.6) is 0 Å². The van der Waals surface area contributed by atoms with Gasteiger partial charge in [0.05, 0.1) is 23.8 Å². The lowest BCUT2D eigenvalue weighted by molar-refractivity contribution is 0.0719. The lowest BCUT2D eigenvalue weighted by Gasteiger charge is -2.54. The molecular formula is C35H30FN11. The van der Waals surface area contributed by atoms with Gasteiger partial charge in [0.2, 0.25) is 5.82 Å². The molecule has 0 radical (unpaired) electrons. The number of nitrogens with two attached hydrogens (primary N) is 1. The van der Waals surface area contributed by atoms with Crippen LogP contribution in [0.3, 0.4) is 0 Å². The third-order valence-corrected chi connectivity index (χ3v) is 9.26. The van der Waals surface area contributed by atoms with E-state index in [1.165, 1.54) is 17.8 Å². The van der Waals surface area contributed by atoms with E-state index in [-0.39, 0.29) is 5.82 Å². The molecule has 1 aromatic carbocycles. The molecule has 5 aromatic heterocycles. The Balaban J connectivity index is 1.02. The van der Waals surface area contributed by atoms with Crippen LogP contribution in [0.4, 0.5) is 16.0 Å². The first-order valence-electron chi connectivity index (χ1n) is 15.5. The molecule has 12 heteroatoms. The van der Waals surface area contributed by atoms with E-state index in [4.69, 9.17) is 16.0 Å². The van der Waals surface area contributed by atoms with Crippen molar-refractivity contribution in [2.45, 2.75) is 19.4 Å². The van der Waals surface area contributed by atoms with Crippen molar-refractivity contribution in [1.82, 2.24) is 39.2 Å². The Labute approximate surface area is 270 Å². The highest BCUT2D eigenvalue weighted by atomic mass is 19.1. The summed E-state index contributed by atoms with van der Waals surface area (Å²) in [7, 11) is 0. The number of likely N-dealkylation sites (tertiary alicyclic amines) is 1. The van der Waals surface area contributed by atoms with Crippen LogP contribution < -0.4 is 10.6 Å². The summed E-state index contributed by atoms with van der Waals surface area (Å²) in [5, 5.41) is 9.13. The summed E-state index contributed by atoms with van der Waals surface area (Å²) in [5.41, 5.74) is 12.9.